The van der Waals surface area contributed by atoms with Crippen molar-refractivity contribution in [3.05, 3.63) is 0 Å². The van der Waals surface area contributed by atoms with Crippen LogP contribution in [0.3, 0.4) is 0 Å². The number of rotatable bonds is 1. The highest BCUT2D eigenvalue weighted by atomic mass is 35.7. The van der Waals surface area contributed by atoms with Crippen LogP contribution in [0.5, 0.6) is 0 Å². The van der Waals surface area contributed by atoms with Crippen molar-refractivity contribution in [2.24, 2.45) is 29.6 Å². The summed E-state index contributed by atoms with van der Waals surface area (Å²) in [6.45, 7) is 0. The van der Waals surface area contributed by atoms with E-state index in [2.05, 4.69) is 0 Å². The van der Waals surface area contributed by atoms with Gasteiger partial charge in [-0.25, -0.2) is 4.31 Å². The minimum atomic E-state index is -3.82. The lowest BCUT2D eigenvalue weighted by Gasteiger charge is -2.34. The molecule has 6 heteroatoms. The zero-order valence-electron chi connectivity index (χ0n) is 6.42. The number of carbonyl (C=O) groups is 1. The molecule has 6 unspecified atom stereocenters. The summed E-state index contributed by atoms with van der Waals surface area (Å²) in [5.74, 6) is 1.75. The molecule has 0 aromatic carbocycles. The summed E-state index contributed by atoms with van der Waals surface area (Å²) in [4.78, 5) is 11.5. The number of hydrogen-bond donors (Lipinski definition) is 0. The second-order valence-electron chi connectivity index (χ2n) is 4.40. The van der Waals surface area contributed by atoms with Crippen molar-refractivity contribution in [2.45, 2.75) is 6.04 Å². The van der Waals surface area contributed by atoms with Gasteiger partial charge in [-0.15, -0.1) is 0 Å². The van der Waals surface area contributed by atoms with Gasteiger partial charge in [-0.1, -0.05) is 0 Å². The lowest BCUT2D eigenvalue weighted by Crippen LogP contribution is -2.44. The maximum absolute atomic E-state index is 11.5. The van der Waals surface area contributed by atoms with E-state index in [-0.39, 0.29) is 17.9 Å². The zero-order valence-corrected chi connectivity index (χ0v) is 7.99. The Bertz CT molecular complexity index is 447. The van der Waals surface area contributed by atoms with Crippen molar-refractivity contribution in [3.8, 4) is 0 Å². The van der Waals surface area contributed by atoms with Crippen LogP contribution in [0.15, 0.2) is 0 Å². The van der Waals surface area contributed by atoms with Crippen molar-refractivity contribution >= 4 is 25.8 Å². The Morgan fingerprint density at radius 2 is 1.85 bits per heavy atom. The lowest BCUT2D eigenvalue weighted by atomic mass is 9.71. The summed E-state index contributed by atoms with van der Waals surface area (Å²) < 4.78 is 23.1. The molecule has 3 aliphatic carbocycles. The second kappa shape index (κ2) is 1.52. The minimum Gasteiger partial charge on any atom is -0.273 e. The van der Waals surface area contributed by atoms with Crippen LogP contribution in [0.2, 0.25) is 0 Å². The number of hydrogen-bond acceptors (Lipinski definition) is 3. The van der Waals surface area contributed by atoms with Crippen molar-refractivity contribution in [1.82, 2.24) is 4.31 Å². The summed E-state index contributed by atoms with van der Waals surface area (Å²) in [6, 6.07) is -0.0602. The molecule has 1 heterocycles. The second-order valence-corrected chi connectivity index (χ2v) is 6.79. The molecule has 13 heavy (non-hydrogen) atoms. The molecule has 70 valence electrons. The summed E-state index contributed by atoms with van der Waals surface area (Å²) in [5, 5.41) is 0. The van der Waals surface area contributed by atoms with Crippen molar-refractivity contribution in [1.29, 1.82) is 0 Å². The Hall–Kier alpha value is -0.290. The third-order valence-corrected chi connectivity index (χ3v) is 5.60. The fourth-order valence-electron chi connectivity index (χ4n) is 3.92. The topological polar surface area (TPSA) is 54.5 Å². The third kappa shape index (κ3) is 0.485. The van der Waals surface area contributed by atoms with Gasteiger partial charge in [0, 0.05) is 16.6 Å². The molecule has 4 nitrogen and oxygen atoms in total. The van der Waals surface area contributed by atoms with Crippen LogP contribution in [0, 0.1) is 29.6 Å². The number of nitrogens with zero attached hydrogens (tertiary/aromatic N) is 1. The van der Waals surface area contributed by atoms with Gasteiger partial charge in [0.2, 0.25) is 5.91 Å². The average Bonchev–Trinajstić information content (AvgIpc) is 2.25. The number of carbonyl (C=O) groups excluding carboxylic acids is 1. The number of fused-ring (bicyclic) bond motifs is 3. The molecule has 4 fully saturated rings. The Morgan fingerprint density at radius 1 is 1.15 bits per heavy atom. The summed E-state index contributed by atoms with van der Waals surface area (Å²) >= 11 is 0. The van der Waals surface area contributed by atoms with Gasteiger partial charge in [0.15, 0.2) is 0 Å². The first-order chi connectivity index (χ1) is 6.03. The average molecular weight is 220 g/mol. The summed E-state index contributed by atoms with van der Waals surface area (Å²) in [5.41, 5.74) is 0. The highest BCUT2D eigenvalue weighted by Gasteiger charge is 2.90. The number of amides is 1. The van der Waals surface area contributed by atoms with E-state index < -0.39 is 9.24 Å². The first kappa shape index (κ1) is 7.06. The molecule has 0 aromatic heterocycles. The molecule has 0 aromatic rings. The number of halogens is 1. The summed E-state index contributed by atoms with van der Waals surface area (Å²) in [6.07, 6.45) is 0. The summed E-state index contributed by atoms with van der Waals surface area (Å²) in [7, 11) is 1.39. The van der Waals surface area contributed by atoms with Gasteiger partial charge in [-0.2, -0.15) is 8.42 Å². The van der Waals surface area contributed by atoms with E-state index in [1.807, 2.05) is 0 Å². The van der Waals surface area contributed by atoms with E-state index in [0.717, 1.165) is 4.31 Å². The predicted molar refractivity (Wildman–Crippen MR) is 42.9 cm³/mol. The fourth-order valence-corrected chi connectivity index (χ4v) is 5.31. The van der Waals surface area contributed by atoms with E-state index in [4.69, 9.17) is 10.7 Å². The third-order valence-electron chi connectivity index (χ3n) is 4.26. The van der Waals surface area contributed by atoms with Crippen LogP contribution in [-0.2, 0) is 14.0 Å². The van der Waals surface area contributed by atoms with Crippen LogP contribution in [0.1, 0.15) is 0 Å². The Morgan fingerprint density at radius 3 is 2.38 bits per heavy atom. The first-order valence-electron chi connectivity index (χ1n) is 4.31. The van der Waals surface area contributed by atoms with Gasteiger partial charge >= 0.3 is 9.24 Å². The quantitative estimate of drug-likeness (QED) is 0.574. The minimum absolute atomic E-state index is 0.00789. The van der Waals surface area contributed by atoms with Crippen LogP contribution in [-0.4, -0.2) is 24.7 Å². The predicted octanol–water partition coefficient (Wildman–Crippen LogP) is -0.197. The largest absolute Gasteiger partial charge is 0.324 e. The first-order valence-corrected chi connectivity index (χ1v) is 6.58. The molecule has 0 spiro atoms. The molecule has 0 radical (unpaired) electrons. The van der Waals surface area contributed by atoms with E-state index in [9.17, 15) is 13.2 Å². The van der Waals surface area contributed by atoms with Gasteiger partial charge in [0.25, 0.3) is 0 Å². The van der Waals surface area contributed by atoms with Gasteiger partial charge in [0.05, 0.1) is 6.04 Å². The molecule has 1 aliphatic heterocycles. The molecule has 4 rings (SSSR count). The number of piperidine rings is 1. The maximum atomic E-state index is 11.5. The molecule has 1 saturated heterocycles. The normalized spacial score (nSPS) is 59.8. The standard InChI is InChI=1S/C7H6ClNO3S/c8-13(11,12)9-6-3-1-2(3)5(4(1)6)7(9)10/h1-6H. The van der Waals surface area contributed by atoms with Crippen LogP contribution in [0.25, 0.3) is 0 Å². The molecule has 0 N–H and O–H groups in total. The monoisotopic (exact) mass is 219 g/mol. The molecule has 6 atom stereocenters. The zero-order chi connectivity index (χ0) is 9.12. The molecular weight excluding hydrogens is 214 g/mol. The fraction of sp³-hybridized carbons (Fsp3) is 0.857. The van der Waals surface area contributed by atoms with Crippen molar-refractivity contribution < 1.29 is 13.2 Å². The lowest BCUT2D eigenvalue weighted by molar-refractivity contribution is -0.130. The van der Waals surface area contributed by atoms with Crippen LogP contribution >= 0.6 is 10.7 Å². The molecule has 1 amide bonds. The van der Waals surface area contributed by atoms with Gasteiger partial charge in [-0.3, -0.25) is 4.79 Å². The smallest absolute Gasteiger partial charge is 0.273 e. The Balaban J connectivity index is 1.86. The van der Waals surface area contributed by atoms with E-state index in [1.54, 1.807) is 0 Å². The highest BCUT2D eigenvalue weighted by molar-refractivity contribution is 8.12. The Kier molecular flexibility index (Phi) is 0.827. The van der Waals surface area contributed by atoms with Gasteiger partial charge in [-0.05, 0) is 23.7 Å². The SMILES string of the molecule is O=C1C2C3C4C2C(C34)N1S(=O)(=O)Cl. The van der Waals surface area contributed by atoms with E-state index >= 15 is 0 Å². The van der Waals surface area contributed by atoms with E-state index in [0.29, 0.717) is 23.7 Å². The van der Waals surface area contributed by atoms with E-state index in [1.165, 1.54) is 0 Å². The van der Waals surface area contributed by atoms with Gasteiger partial charge in [0.1, 0.15) is 0 Å². The molecular formula is C7H6ClNO3S. The molecule has 3 saturated carbocycles. The Labute approximate surface area is 79.4 Å². The van der Waals surface area contributed by atoms with Gasteiger partial charge < -0.3 is 0 Å². The molecule has 0 bridgehead atoms. The van der Waals surface area contributed by atoms with Crippen molar-refractivity contribution in [2.75, 3.05) is 0 Å². The maximum Gasteiger partial charge on any atom is 0.324 e. The molecule has 4 aliphatic rings. The van der Waals surface area contributed by atoms with Crippen LogP contribution in [0.4, 0.5) is 0 Å². The van der Waals surface area contributed by atoms with Crippen LogP contribution < -0.4 is 0 Å². The van der Waals surface area contributed by atoms with Crippen molar-refractivity contribution in [3.63, 3.8) is 0 Å². The highest BCUT2D eigenvalue weighted by Crippen LogP contribution is 2.85.